The van der Waals surface area contributed by atoms with E-state index in [4.69, 9.17) is 0 Å². The molecule has 0 aliphatic carbocycles. The molecule has 0 atom stereocenters. The number of aromatic nitrogens is 2. The monoisotopic (exact) mass is 314 g/mol. The Kier molecular flexibility index (Phi) is 3.11. The highest BCUT2D eigenvalue weighted by Gasteiger charge is 2.44. The smallest absolute Gasteiger partial charge is 0.253 e. The fourth-order valence-electron chi connectivity index (χ4n) is 3.72. The molecule has 2 saturated heterocycles. The first-order chi connectivity index (χ1) is 11.1. The lowest BCUT2D eigenvalue weighted by Gasteiger charge is -2.38. The molecule has 0 radical (unpaired) electrons. The number of benzene rings is 1. The van der Waals surface area contributed by atoms with Crippen molar-refractivity contribution in [3.8, 4) is 0 Å². The Labute approximate surface area is 133 Å². The first-order valence-electron chi connectivity index (χ1n) is 7.82. The van der Waals surface area contributed by atoms with E-state index in [-0.39, 0.29) is 17.2 Å². The molecule has 1 aromatic carbocycles. The molecule has 1 spiro atoms. The topological polar surface area (TPSA) is 79.5 Å². The molecule has 2 aromatic rings. The van der Waals surface area contributed by atoms with Crippen LogP contribution < -0.4 is 0 Å². The fraction of sp³-hybridized carbons (Fsp3) is 0.500. The minimum atomic E-state index is 0.00225. The summed E-state index contributed by atoms with van der Waals surface area (Å²) in [6.07, 6.45) is 2.37. The van der Waals surface area contributed by atoms with Crippen molar-refractivity contribution in [3.05, 3.63) is 23.8 Å². The van der Waals surface area contributed by atoms with Gasteiger partial charge in [-0.2, -0.15) is 0 Å². The summed E-state index contributed by atoms with van der Waals surface area (Å²) < 4.78 is 4.67. The molecule has 0 saturated carbocycles. The zero-order valence-electron chi connectivity index (χ0n) is 13.0. The average molecular weight is 314 g/mol. The van der Waals surface area contributed by atoms with Gasteiger partial charge in [-0.3, -0.25) is 9.59 Å². The second kappa shape index (κ2) is 5.04. The lowest BCUT2D eigenvalue weighted by molar-refractivity contribution is -0.126. The standard InChI is InChI=1S/C16H18N4O3/c1-19-10-16(9-14(19)21)4-6-20(7-5-16)15(22)11-2-3-12-13(8-11)18-23-17-12/h2-3,8H,4-7,9-10H2,1H3. The van der Waals surface area contributed by atoms with E-state index in [1.807, 2.05) is 16.8 Å². The average Bonchev–Trinajstić information content (AvgIpc) is 3.12. The number of piperidine rings is 1. The number of hydrogen-bond acceptors (Lipinski definition) is 5. The van der Waals surface area contributed by atoms with E-state index in [1.165, 1.54) is 0 Å². The third-order valence-electron chi connectivity index (χ3n) is 5.14. The van der Waals surface area contributed by atoms with Crippen LogP contribution in [0.4, 0.5) is 0 Å². The molecule has 2 aliphatic rings. The van der Waals surface area contributed by atoms with Crippen molar-refractivity contribution in [3.63, 3.8) is 0 Å². The van der Waals surface area contributed by atoms with Gasteiger partial charge in [0.05, 0.1) is 0 Å². The van der Waals surface area contributed by atoms with Crippen LogP contribution >= 0.6 is 0 Å². The maximum atomic E-state index is 12.7. The summed E-state index contributed by atoms with van der Waals surface area (Å²) in [5.74, 6) is 0.219. The van der Waals surface area contributed by atoms with Gasteiger partial charge in [0.15, 0.2) is 0 Å². The van der Waals surface area contributed by atoms with E-state index in [2.05, 4.69) is 14.9 Å². The Morgan fingerprint density at radius 3 is 2.65 bits per heavy atom. The van der Waals surface area contributed by atoms with E-state index in [0.717, 1.165) is 19.4 Å². The minimum absolute atomic E-state index is 0.00225. The third kappa shape index (κ3) is 2.36. The third-order valence-corrected chi connectivity index (χ3v) is 5.14. The minimum Gasteiger partial charge on any atom is -0.345 e. The summed E-state index contributed by atoms with van der Waals surface area (Å²) in [5, 5.41) is 7.53. The molecule has 1 aromatic heterocycles. The highest BCUT2D eigenvalue weighted by Crippen LogP contribution is 2.40. The van der Waals surface area contributed by atoms with E-state index in [1.54, 1.807) is 18.2 Å². The van der Waals surface area contributed by atoms with Crippen LogP contribution in [0.2, 0.25) is 0 Å². The number of nitrogens with zero attached hydrogens (tertiary/aromatic N) is 4. The van der Waals surface area contributed by atoms with Gasteiger partial charge in [-0.1, -0.05) is 0 Å². The molecule has 2 fully saturated rings. The van der Waals surface area contributed by atoms with Gasteiger partial charge in [-0.25, -0.2) is 4.63 Å². The summed E-state index contributed by atoms with van der Waals surface area (Å²) >= 11 is 0. The quantitative estimate of drug-likeness (QED) is 0.793. The van der Waals surface area contributed by atoms with Crippen molar-refractivity contribution >= 4 is 22.8 Å². The summed E-state index contributed by atoms with van der Waals surface area (Å²) in [6.45, 7) is 2.19. The van der Waals surface area contributed by atoms with Crippen LogP contribution in [0.5, 0.6) is 0 Å². The zero-order chi connectivity index (χ0) is 16.0. The predicted molar refractivity (Wildman–Crippen MR) is 81.6 cm³/mol. The Morgan fingerprint density at radius 1 is 1.22 bits per heavy atom. The van der Waals surface area contributed by atoms with Crippen molar-refractivity contribution in [1.82, 2.24) is 20.1 Å². The number of carbonyl (C=O) groups excluding carboxylic acids is 2. The fourth-order valence-corrected chi connectivity index (χ4v) is 3.72. The number of hydrogen-bond donors (Lipinski definition) is 0. The Balaban J connectivity index is 1.47. The van der Waals surface area contributed by atoms with Gasteiger partial charge < -0.3 is 9.80 Å². The van der Waals surface area contributed by atoms with E-state index in [0.29, 0.717) is 36.1 Å². The Bertz CT molecular complexity index is 776. The zero-order valence-corrected chi connectivity index (χ0v) is 13.0. The Morgan fingerprint density at radius 2 is 1.96 bits per heavy atom. The van der Waals surface area contributed by atoms with Gasteiger partial charge in [0.2, 0.25) is 5.91 Å². The first-order valence-corrected chi connectivity index (χ1v) is 7.82. The number of rotatable bonds is 1. The Hall–Kier alpha value is -2.44. The van der Waals surface area contributed by atoms with Crippen LogP contribution in [-0.2, 0) is 4.79 Å². The molecule has 3 heterocycles. The highest BCUT2D eigenvalue weighted by molar-refractivity contribution is 5.97. The summed E-state index contributed by atoms with van der Waals surface area (Å²) in [6, 6.07) is 5.21. The predicted octanol–water partition coefficient (Wildman–Crippen LogP) is 1.31. The molecule has 2 amide bonds. The number of carbonyl (C=O) groups is 2. The molecule has 0 unspecified atom stereocenters. The van der Waals surface area contributed by atoms with Gasteiger partial charge in [-0.05, 0) is 41.4 Å². The van der Waals surface area contributed by atoms with Crippen LogP contribution in [0.3, 0.4) is 0 Å². The van der Waals surface area contributed by atoms with Crippen LogP contribution in [0, 0.1) is 5.41 Å². The first kappa shape index (κ1) is 14.2. The molecule has 2 aliphatic heterocycles. The molecule has 23 heavy (non-hydrogen) atoms. The molecular formula is C16H18N4O3. The number of fused-ring (bicyclic) bond motifs is 1. The van der Waals surface area contributed by atoms with Gasteiger partial charge >= 0.3 is 0 Å². The van der Waals surface area contributed by atoms with E-state index in [9.17, 15) is 9.59 Å². The second-order valence-electron chi connectivity index (χ2n) is 6.69. The van der Waals surface area contributed by atoms with Crippen molar-refractivity contribution in [2.45, 2.75) is 19.3 Å². The van der Waals surface area contributed by atoms with E-state index < -0.39 is 0 Å². The summed E-state index contributed by atoms with van der Waals surface area (Å²) in [4.78, 5) is 28.1. The molecular weight excluding hydrogens is 296 g/mol. The number of amides is 2. The van der Waals surface area contributed by atoms with Gasteiger partial charge in [-0.15, -0.1) is 0 Å². The molecule has 7 nitrogen and oxygen atoms in total. The largest absolute Gasteiger partial charge is 0.345 e. The lowest BCUT2D eigenvalue weighted by Crippen LogP contribution is -2.44. The van der Waals surface area contributed by atoms with E-state index >= 15 is 0 Å². The number of likely N-dealkylation sites (tertiary alicyclic amines) is 2. The van der Waals surface area contributed by atoms with Gasteiger partial charge in [0.25, 0.3) is 5.91 Å². The summed E-state index contributed by atoms with van der Waals surface area (Å²) in [7, 11) is 1.86. The molecule has 4 rings (SSSR count). The molecule has 120 valence electrons. The van der Waals surface area contributed by atoms with Crippen molar-refractivity contribution in [2.75, 3.05) is 26.7 Å². The van der Waals surface area contributed by atoms with Crippen LogP contribution in [0.15, 0.2) is 22.8 Å². The normalized spacial score (nSPS) is 20.7. The van der Waals surface area contributed by atoms with Crippen LogP contribution in [-0.4, -0.2) is 58.6 Å². The molecule has 7 heteroatoms. The van der Waals surface area contributed by atoms with Crippen LogP contribution in [0.1, 0.15) is 29.6 Å². The summed E-state index contributed by atoms with van der Waals surface area (Å²) in [5.41, 5.74) is 1.89. The maximum Gasteiger partial charge on any atom is 0.253 e. The molecule has 0 N–H and O–H groups in total. The van der Waals surface area contributed by atoms with Crippen molar-refractivity contribution in [2.24, 2.45) is 5.41 Å². The highest BCUT2D eigenvalue weighted by atomic mass is 16.6. The van der Waals surface area contributed by atoms with Crippen molar-refractivity contribution in [1.29, 1.82) is 0 Å². The van der Waals surface area contributed by atoms with Gasteiger partial charge in [0, 0.05) is 44.1 Å². The maximum absolute atomic E-state index is 12.7. The van der Waals surface area contributed by atoms with Gasteiger partial charge in [0.1, 0.15) is 11.0 Å². The second-order valence-corrected chi connectivity index (χ2v) is 6.69. The van der Waals surface area contributed by atoms with Crippen molar-refractivity contribution < 1.29 is 14.2 Å². The molecule has 0 bridgehead atoms. The lowest BCUT2D eigenvalue weighted by atomic mass is 9.77. The SMILES string of the molecule is CN1CC2(CCN(C(=O)c3ccc4nonc4c3)CC2)CC1=O. The van der Waals surface area contributed by atoms with Crippen LogP contribution in [0.25, 0.3) is 11.0 Å².